The van der Waals surface area contributed by atoms with Crippen LogP contribution in [0.1, 0.15) is 25.7 Å². The van der Waals surface area contributed by atoms with Gasteiger partial charge >= 0.3 is 0 Å². The van der Waals surface area contributed by atoms with Crippen LogP contribution in [-0.2, 0) is 10.0 Å². The van der Waals surface area contributed by atoms with Crippen molar-refractivity contribution in [2.24, 2.45) is 0 Å². The molecule has 0 bridgehead atoms. The highest BCUT2D eigenvalue weighted by Gasteiger charge is 2.20. The van der Waals surface area contributed by atoms with Crippen molar-refractivity contribution in [1.29, 1.82) is 0 Å². The molecule has 0 aromatic heterocycles. The van der Waals surface area contributed by atoms with E-state index in [1.807, 2.05) is 12.1 Å². The fraction of sp³-hybridized carbons (Fsp3) is 0.333. The van der Waals surface area contributed by atoms with Gasteiger partial charge in [0.1, 0.15) is 10.6 Å². The number of nitrogens with one attached hydrogen (secondary N) is 2. The van der Waals surface area contributed by atoms with Gasteiger partial charge in [0.2, 0.25) is 0 Å². The Hall–Kier alpha value is -1.92. The minimum atomic E-state index is -3.79. The predicted molar refractivity (Wildman–Crippen MR) is 101 cm³/mol. The molecular weight excluding hydrogens is 360 g/mol. The highest BCUT2D eigenvalue weighted by atomic mass is 35.5. The van der Waals surface area contributed by atoms with E-state index in [2.05, 4.69) is 10.0 Å². The molecule has 1 saturated carbocycles. The fourth-order valence-corrected chi connectivity index (χ4v) is 4.50. The molecule has 0 unspecified atom stereocenters. The topological polar surface area (TPSA) is 67.4 Å². The van der Waals surface area contributed by atoms with Crippen molar-refractivity contribution in [3.8, 4) is 5.75 Å². The van der Waals surface area contributed by atoms with E-state index in [9.17, 15) is 8.42 Å². The first-order valence-electron chi connectivity index (χ1n) is 8.21. The second-order valence-electron chi connectivity index (χ2n) is 6.10. The third kappa shape index (κ3) is 4.38. The number of anilines is 2. The summed E-state index contributed by atoms with van der Waals surface area (Å²) in [5.74, 6) is 0.247. The molecule has 0 saturated heterocycles. The van der Waals surface area contributed by atoms with Crippen molar-refractivity contribution in [1.82, 2.24) is 0 Å². The van der Waals surface area contributed by atoms with E-state index in [1.54, 1.807) is 18.2 Å². The standard InChI is InChI=1S/C18H21ClN2O3S/c1-24-17-11-6-13(19)12-18(17)25(22,23)21-16-9-7-15(8-10-16)20-14-4-2-3-5-14/h6-12,14,20-21H,2-5H2,1H3. The summed E-state index contributed by atoms with van der Waals surface area (Å²) in [6.45, 7) is 0. The molecule has 2 N–H and O–H groups in total. The Morgan fingerprint density at radius 1 is 1.04 bits per heavy atom. The van der Waals surface area contributed by atoms with E-state index in [1.165, 1.54) is 44.9 Å². The average molecular weight is 381 g/mol. The van der Waals surface area contributed by atoms with Crippen molar-refractivity contribution in [2.45, 2.75) is 36.6 Å². The summed E-state index contributed by atoms with van der Waals surface area (Å²) in [6, 6.07) is 12.3. The van der Waals surface area contributed by atoms with Gasteiger partial charge in [-0.05, 0) is 55.3 Å². The molecule has 25 heavy (non-hydrogen) atoms. The molecule has 5 nitrogen and oxygen atoms in total. The fourth-order valence-electron chi connectivity index (χ4n) is 3.01. The number of halogens is 1. The van der Waals surface area contributed by atoms with Gasteiger partial charge in [-0.15, -0.1) is 0 Å². The van der Waals surface area contributed by atoms with E-state index in [0.29, 0.717) is 16.8 Å². The number of hydrogen-bond acceptors (Lipinski definition) is 4. The lowest BCUT2D eigenvalue weighted by Gasteiger charge is -2.15. The maximum absolute atomic E-state index is 12.6. The van der Waals surface area contributed by atoms with Crippen LogP contribution in [-0.4, -0.2) is 21.6 Å². The number of sulfonamides is 1. The van der Waals surface area contributed by atoms with E-state index in [0.717, 1.165) is 5.69 Å². The summed E-state index contributed by atoms with van der Waals surface area (Å²) >= 11 is 5.93. The molecule has 0 spiro atoms. The maximum atomic E-state index is 12.6. The van der Waals surface area contributed by atoms with Crippen molar-refractivity contribution >= 4 is 33.0 Å². The van der Waals surface area contributed by atoms with E-state index in [-0.39, 0.29) is 10.6 Å². The van der Waals surface area contributed by atoms with Crippen LogP contribution in [0.25, 0.3) is 0 Å². The van der Waals surface area contributed by atoms with Gasteiger partial charge in [-0.3, -0.25) is 4.72 Å². The third-order valence-electron chi connectivity index (χ3n) is 4.28. The van der Waals surface area contributed by atoms with Crippen LogP contribution in [0, 0.1) is 0 Å². The lowest BCUT2D eigenvalue weighted by Crippen LogP contribution is -2.15. The van der Waals surface area contributed by atoms with Crippen LogP contribution in [0.5, 0.6) is 5.75 Å². The average Bonchev–Trinajstić information content (AvgIpc) is 3.09. The summed E-state index contributed by atoms with van der Waals surface area (Å²) in [4.78, 5) is 0.00987. The van der Waals surface area contributed by atoms with Gasteiger partial charge in [0, 0.05) is 22.4 Å². The maximum Gasteiger partial charge on any atom is 0.265 e. The largest absolute Gasteiger partial charge is 0.495 e. The number of methoxy groups -OCH3 is 1. The summed E-state index contributed by atoms with van der Waals surface area (Å²) in [5.41, 5.74) is 1.48. The van der Waals surface area contributed by atoms with Crippen LogP contribution < -0.4 is 14.8 Å². The van der Waals surface area contributed by atoms with Crippen LogP contribution in [0.4, 0.5) is 11.4 Å². The number of ether oxygens (including phenoxy) is 1. The Kier molecular flexibility index (Phi) is 5.39. The molecular formula is C18H21ClN2O3S. The first-order chi connectivity index (χ1) is 12.0. The zero-order valence-electron chi connectivity index (χ0n) is 14.0. The van der Waals surface area contributed by atoms with Crippen molar-refractivity contribution < 1.29 is 13.2 Å². The van der Waals surface area contributed by atoms with Crippen molar-refractivity contribution in [3.05, 3.63) is 47.5 Å². The molecule has 134 valence electrons. The molecule has 3 rings (SSSR count). The van der Waals surface area contributed by atoms with Gasteiger partial charge in [-0.25, -0.2) is 8.42 Å². The molecule has 0 amide bonds. The van der Waals surface area contributed by atoms with E-state index in [4.69, 9.17) is 16.3 Å². The summed E-state index contributed by atoms with van der Waals surface area (Å²) in [7, 11) is -2.37. The molecule has 7 heteroatoms. The van der Waals surface area contributed by atoms with Gasteiger partial charge in [0.25, 0.3) is 10.0 Å². The second kappa shape index (κ2) is 7.54. The quantitative estimate of drug-likeness (QED) is 0.774. The zero-order chi connectivity index (χ0) is 17.9. The molecule has 1 fully saturated rings. The number of benzene rings is 2. The monoisotopic (exact) mass is 380 g/mol. The highest BCUT2D eigenvalue weighted by molar-refractivity contribution is 7.92. The van der Waals surface area contributed by atoms with Crippen molar-refractivity contribution in [2.75, 3.05) is 17.1 Å². The van der Waals surface area contributed by atoms with Gasteiger partial charge in [-0.1, -0.05) is 24.4 Å². The van der Waals surface area contributed by atoms with Crippen LogP contribution in [0.3, 0.4) is 0 Å². The van der Waals surface area contributed by atoms with Gasteiger partial charge in [0.05, 0.1) is 7.11 Å². The molecule has 2 aromatic rings. The Morgan fingerprint density at radius 2 is 1.68 bits per heavy atom. The minimum absolute atomic E-state index is 0.00987. The molecule has 0 radical (unpaired) electrons. The molecule has 1 aliphatic rings. The Morgan fingerprint density at radius 3 is 2.32 bits per heavy atom. The van der Waals surface area contributed by atoms with Gasteiger partial charge in [-0.2, -0.15) is 0 Å². The van der Waals surface area contributed by atoms with E-state index < -0.39 is 10.0 Å². The van der Waals surface area contributed by atoms with Crippen molar-refractivity contribution in [3.63, 3.8) is 0 Å². The zero-order valence-corrected chi connectivity index (χ0v) is 15.5. The summed E-state index contributed by atoms with van der Waals surface area (Å²) in [6.07, 6.45) is 4.89. The Labute approximate surface area is 153 Å². The second-order valence-corrected chi connectivity index (χ2v) is 8.19. The van der Waals surface area contributed by atoms with E-state index >= 15 is 0 Å². The van der Waals surface area contributed by atoms with Crippen LogP contribution in [0.2, 0.25) is 5.02 Å². The van der Waals surface area contributed by atoms with Crippen LogP contribution in [0.15, 0.2) is 47.4 Å². The Balaban J connectivity index is 1.75. The highest BCUT2D eigenvalue weighted by Crippen LogP contribution is 2.29. The Bertz CT molecular complexity index is 832. The third-order valence-corrected chi connectivity index (χ3v) is 5.92. The molecule has 2 aromatic carbocycles. The first-order valence-corrected chi connectivity index (χ1v) is 10.1. The summed E-state index contributed by atoms with van der Waals surface area (Å²) in [5, 5.41) is 3.80. The molecule has 0 aliphatic heterocycles. The summed E-state index contributed by atoms with van der Waals surface area (Å²) < 4.78 is 33.0. The molecule has 0 atom stereocenters. The number of rotatable bonds is 6. The normalized spacial score (nSPS) is 15.1. The number of hydrogen-bond donors (Lipinski definition) is 2. The van der Waals surface area contributed by atoms with Gasteiger partial charge < -0.3 is 10.1 Å². The predicted octanol–water partition coefficient (Wildman–Crippen LogP) is 4.50. The lowest BCUT2D eigenvalue weighted by atomic mass is 10.2. The van der Waals surface area contributed by atoms with Crippen LogP contribution >= 0.6 is 11.6 Å². The SMILES string of the molecule is COc1ccc(Cl)cc1S(=O)(=O)Nc1ccc(NC2CCCC2)cc1. The first kappa shape index (κ1) is 17.9. The minimum Gasteiger partial charge on any atom is -0.495 e. The lowest BCUT2D eigenvalue weighted by molar-refractivity contribution is 0.403. The van der Waals surface area contributed by atoms with Gasteiger partial charge in [0.15, 0.2) is 0 Å². The smallest absolute Gasteiger partial charge is 0.265 e. The molecule has 1 aliphatic carbocycles. The molecule has 0 heterocycles.